The minimum atomic E-state index is -0.847. The lowest BCUT2D eigenvalue weighted by molar-refractivity contribution is -0.132. The van der Waals surface area contributed by atoms with Crippen molar-refractivity contribution in [2.45, 2.75) is 33.2 Å². The zero-order valence-corrected chi connectivity index (χ0v) is 21.0. The average Bonchev–Trinajstić information content (AvgIpc) is 3.42. The van der Waals surface area contributed by atoms with E-state index < -0.39 is 17.7 Å². The number of carbonyl (C=O) groups excluding carboxylic acids is 2. The van der Waals surface area contributed by atoms with E-state index in [-0.39, 0.29) is 11.3 Å². The van der Waals surface area contributed by atoms with Gasteiger partial charge >= 0.3 is 5.91 Å². The molecule has 2 aromatic heterocycles. The highest BCUT2D eigenvalue weighted by Gasteiger charge is 2.48. The van der Waals surface area contributed by atoms with E-state index in [9.17, 15) is 14.7 Å². The fraction of sp³-hybridized carbons (Fsp3) is 0.214. The lowest BCUT2D eigenvalue weighted by atomic mass is 9.95. The molecule has 2 aromatic carbocycles. The fourth-order valence-corrected chi connectivity index (χ4v) is 5.61. The van der Waals surface area contributed by atoms with Gasteiger partial charge in [0.15, 0.2) is 5.13 Å². The van der Waals surface area contributed by atoms with Crippen LogP contribution in [0.1, 0.15) is 41.6 Å². The van der Waals surface area contributed by atoms with Gasteiger partial charge < -0.3 is 9.84 Å². The number of nitrogens with zero attached hydrogens (tertiary/aromatic N) is 3. The smallest absolute Gasteiger partial charge is 0.301 e. The van der Waals surface area contributed by atoms with Crippen molar-refractivity contribution in [2.24, 2.45) is 0 Å². The van der Waals surface area contributed by atoms with Gasteiger partial charge in [0.05, 0.1) is 28.4 Å². The summed E-state index contributed by atoms with van der Waals surface area (Å²) in [6.45, 7) is 6.60. The third kappa shape index (κ3) is 4.13. The van der Waals surface area contributed by atoms with E-state index in [1.807, 2.05) is 57.2 Å². The first-order chi connectivity index (χ1) is 17.4. The monoisotopic (exact) mass is 499 g/mol. The predicted molar refractivity (Wildman–Crippen MR) is 140 cm³/mol. The molecule has 0 spiro atoms. The number of hydrogen-bond acceptors (Lipinski definition) is 7. The Balaban J connectivity index is 1.69. The van der Waals surface area contributed by atoms with Gasteiger partial charge in [0.2, 0.25) is 0 Å². The number of pyridine rings is 1. The van der Waals surface area contributed by atoms with E-state index in [1.54, 1.807) is 12.1 Å². The van der Waals surface area contributed by atoms with Crippen molar-refractivity contribution in [3.8, 4) is 5.75 Å². The third-order valence-corrected chi connectivity index (χ3v) is 7.09. The van der Waals surface area contributed by atoms with Crippen LogP contribution in [0.2, 0.25) is 0 Å². The van der Waals surface area contributed by atoms with Gasteiger partial charge in [-0.2, -0.15) is 0 Å². The SMILES string of the molecule is CCCOc1ccc(C2C(=C(O)c3ccncc3)C(=O)C(=O)N2c2nc3c(C)cc(C)cc3s2)cc1. The van der Waals surface area contributed by atoms with Gasteiger partial charge in [0.1, 0.15) is 11.5 Å². The number of ether oxygens (including phenoxy) is 1. The molecular weight excluding hydrogens is 474 g/mol. The van der Waals surface area contributed by atoms with Crippen molar-refractivity contribution in [3.63, 3.8) is 0 Å². The number of aliphatic hydroxyl groups is 1. The number of fused-ring (bicyclic) bond motifs is 1. The maximum Gasteiger partial charge on any atom is 0.301 e. The summed E-state index contributed by atoms with van der Waals surface area (Å²) in [5.74, 6) is -1.04. The molecule has 7 nitrogen and oxygen atoms in total. The molecule has 36 heavy (non-hydrogen) atoms. The number of amides is 1. The molecule has 1 atom stereocenters. The summed E-state index contributed by atoms with van der Waals surface area (Å²) in [4.78, 5) is 36.9. The average molecular weight is 500 g/mol. The summed E-state index contributed by atoms with van der Waals surface area (Å²) in [6, 6.07) is 13.7. The minimum absolute atomic E-state index is 0.0144. The number of benzene rings is 2. The highest BCUT2D eigenvalue weighted by molar-refractivity contribution is 7.22. The standard InChI is InChI=1S/C28H25N3O4S/c1-4-13-35-20-7-5-18(6-8-20)24-22(25(32)19-9-11-29-12-10-19)26(33)27(34)31(24)28-30-23-17(3)14-16(2)15-21(23)36-28/h5-12,14-15,24,32H,4,13H2,1-3H3. The number of Topliss-reactive ketones (excluding diaryl/α,β-unsaturated/α-hetero) is 1. The number of aromatic nitrogens is 2. The Kier molecular flexibility index (Phi) is 6.28. The van der Waals surface area contributed by atoms with Crippen LogP contribution in [0, 0.1) is 13.8 Å². The molecule has 1 aliphatic rings. The summed E-state index contributed by atoms with van der Waals surface area (Å²) in [6.07, 6.45) is 3.93. The van der Waals surface area contributed by atoms with Crippen LogP contribution in [-0.2, 0) is 9.59 Å². The maximum atomic E-state index is 13.4. The second-order valence-corrected chi connectivity index (χ2v) is 9.76. The highest BCUT2D eigenvalue weighted by Crippen LogP contribution is 2.45. The molecule has 1 saturated heterocycles. The Bertz CT molecular complexity index is 1490. The van der Waals surface area contributed by atoms with Crippen molar-refractivity contribution >= 4 is 44.1 Å². The Hall–Kier alpha value is -4.04. The first-order valence-corrected chi connectivity index (χ1v) is 12.5. The van der Waals surface area contributed by atoms with Crippen LogP contribution < -0.4 is 9.64 Å². The van der Waals surface area contributed by atoms with E-state index in [0.29, 0.717) is 28.6 Å². The number of anilines is 1. The Morgan fingerprint density at radius 2 is 1.81 bits per heavy atom. The number of aryl methyl sites for hydroxylation is 2. The predicted octanol–water partition coefficient (Wildman–Crippen LogP) is 5.72. The topological polar surface area (TPSA) is 92.6 Å². The van der Waals surface area contributed by atoms with Gasteiger partial charge in [-0.15, -0.1) is 0 Å². The number of rotatable bonds is 6. The second-order valence-electron chi connectivity index (χ2n) is 8.75. The molecule has 1 aliphatic heterocycles. The number of thiazole rings is 1. The van der Waals surface area contributed by atoms with E-state index in [2.05, 4.69) is 4.98 Å². The van der Waals surface area contributed by atoms with Crippen LogP contribution in [0.15, 0.2) is 66.5 Å². The molecule has 0 saturated carbocycles. The molecule has 1 N–H and O–H groups in total. The number of aliphatic hydroxyl groups excluding tert-OH is 1. The molecule has 8 heteroatoms. The van der Waals surface area contributed by atoms with Crippen LogP contribution in [0.3, 0.4) is 0 Å². The zero-order valence-electron chi connectivity index (χ0n) is 20.2. The van der Waals surface area contributed by atoms with Crippen molar-refractivity contribution in [2.75, 3.05) is 11.5 Å². The summed E-state index contributed by atoms with van der Waals surface area (Å²) in [7, 11) is 0. The molecule has 5 rings (SSSR count). The zero-order chi connectivity index (χ0) is 25.4. The molecule has 1 amide bonds. The molecule has 0 aliphatic carbocycles. The van der Waals surface area contributed by atoms with E-state index in [4.69, 9.17) is 9.72 Å². The first-order valence-electron chi connectivity index (χ1n) is 11.7. The van der Waals surface area contributed by atoms with Gasteiger partial charge in [0.25, 0.3) is 5.78 Å². The normalized spacial score (nSPS) is 17.2. The van der Waals surface area contributed by atoms with Crippen molar-refractivity contribution in [1.82, 2.24) is 9.97 Å². The van der Waals surface area contributed by atoms with Crippen LogP contribution in [0.4, 0.5) is 5.13 Å². The summed E-state index contributed by atoms with van der Waals surface area (Å²) < 4.78 is 6.64. The quantitative estimate of drug-likeness (QED) is 0.207. The Morgan fingerprint density at radius 1 is 1.08 bits per heavy atom. The van der Waals surface area contributed by atoms with Gasteiger partial charge in [-0.05, 0) is 67.3 Å². The lowest BCUT2D eigenvalue weighted by Gasteiger charge is -2.23. The fourth-order valence-electron chi connectivity index (χ4n) is 4.44. The van der Waals surface area contributed by atoms with E-state index >= 15 is 0 Å². The van der Waals surface area contributed by atoms with Crippen LogP contribution in [-0.4, -0.2) is 33.4 Å². The van der Waals surface area contributed by atoms with Gasteiger partial charge in [-0.1, -0.05) is 36.5 Å². The van der Waals surface area contributed by atoms with Crippen LogP contribution in [0.25, 0.3) is 16.0 Å². The van der Waals surface area contributed by atoms with Gasteiger partial charge in [-0.3, -0.25) is 19.5 Å². The molecular formula is C28H25N3O4S. The number of carbonyl (C=O) groups is 2. The first kappa shape index (κ1) is 23.7. The molecule has 1 unspecified atom stereocenters. The van der Waals surface area contributed by atoms with Crippen LogP contribution >= 0.6 is 11.3 Å². The number of ketones is 1. The van der Waals surface area contributed by atoms with Crippen molar-refractivity contribution < 1.29 is 19.4 Å². The van der Waals surface area contributed by atoms with Gasteiger partial charge in [-0.25, -0.2) is 4.98 Å². The maximum absolute atomic E-state index is 13.4. The second kappa shape index (κ2) is 9.54. The molecule has 182 valence electrons. The third-order valence-electron chi connectivity index (χ3n) is 6.09. The Labute approximate surface area is 212 Å². The van der Waals surface area contributed by atoms with Gasteiger partial charge in [0, 0.05) is 18.0 Å². The van der Waals surface area contributed by atoms with Crippen molar-refractivity contribution in [1.29, 1.82) is 0 Å². The summed E-state index contributed by atoms with van der Waals surface area (Å²) in [5, 5.41) is 11.6. The summed E-state index contributed by atoms with van der Waals surface area (Å²) >= 11 is 1.35. The van der Waals surface area contributed by atoms with E-state index in [0.717, 1.165) is 27.8 Å². The lowest BCUT2D eigenvalue weighted by Crippen LogP contribution is -2.29. The van der Waals surface area contributed by atoms with Crippen LogP contribution in [0.5, 0.6) is 5.75 Å². The molecule has 0 bridgehead atoms. The van der Waals surface area contributed by atoms with Crippen molar-refractivity contribution in [3.05, 3.63) is 88.8 Å². The molecule has 4 aromatic rings. The van der Waals surface area contributed by atoms with E-state index in [1.165, 1.54) is 28.6 Å². The minimum Gasteiger partial charge on any atom is -0.507 e. The summed E-state index contributed by atoms with van der Waals surface area (Å²) in [5.41, 5.74) is 3.97. The molecule has 3 heterocycles. The Morgan fingerprint density at radius 3 is 2.50 bits per heavy atom. The largest absolute Gasteiger partial charge is 0.507 e. The number of hydrogen-bond donors (Lipinski definition) is 1. The molecule has 0 radical (unpaired) electrons. The molecule has 1 fully saturated rings. The highest BCUT2D eigenvalue weighted by atomic mass is 32.1.